The average Bonchev–Trinajstić information content (AvgIpc) is 2.51. The Labute approximate surface area is 153 Å². The molecule has 0 bridgehead atoms. The lowest BCUT2D eigenvalue weighted by Gasteiger charge is -2.13. The van der Waals surface area contributed by atoms with Crippen LogP contribution in [0.3, 0.4) is 0 Å². The summed E-state index contributed by atoms with van der Waals surface area (Å²) in [4.78, 5) is 0. The fourth-order valence-corrected chi connectivity index (χ4v) is 2.63. The van der Waals surface area contributed by atoms with E-state index in [1.807, 2.05) is 43.3 Å². The van der Waals surface area contributed by atoms with Gasteiger partial charge in [-0.1, -0.05) is 41.4 Å². The molecule has 0 aliphatic carbocycles. The van der Waals surface area contributed by atoms with E-state index < -0.39 is 0 Å². The Balaban J connectivity index is 0.00000264. The molecule has 0 aliphatic heterocycles. The first kappa shape index (κ1) is 19.9. The van der Waals surface area contributed by atoms with Crippen molar-refractivity contribution in [1.29, 1.82) is 0 Å². The summed E-state index contributed by atoms with van der Waals surface area (Å²) in [6.07, 6.45) is 0. The van der Waals surface area contributed by atoms with Gasteiger partial charge in [-0.25, -0.2) is 0 Å². The van der Waals surface area contributed by atoms with Crippen LogP contribution >= 0.6 is 35.6 Å². The highest BCUT2D eigenvalue weighted by Gasteiger charge is 2.11. The third-order valence-corrected chi connectivity index (χ3v) is 3.83. The summed E-state index contributed by atoms with van der Waals surface area (Å²) in [7, 11) is 1.61. The highest BCUT2D eigenvalue weighted by atomic mass is 35.5. The maximum Gasteiger partial charge on any atom is 0.179 e. The van der Waals surface area contributed by atoms with Gasteiger partial charge in [0.1, 0.15) is 0 Å². The van der Waals surface area contributed by atoms with Crippen LogP contribution in [0.25, 0.3) is 0 Å². The van der Waals surface area contributed by atoms with E-state index in [0.717, 1.165) is 16.1 Å². The van der Waals surface area contributed by atoms with Crippen molar-refractivity contribution in [3.63, 3.8) is 0 Å². The van der Waals surface area contributed by atoms with E-state index in [1.165, 1.54) is 0 Å². The molecule has 0 aliphatic rings. The normalized spacial score (nSPS) is 10.1. The molecule has 6 heteroatoms. The van der Waals surface area contributed by atoms with Gasteiger partial charge in [-0.3, -0.25) is 0 Å². The summed E-state index contributed by atoms with van der Waals surface area (Å²) < 4.78 is 10.9. The van der Waals surface area contributed by atoms with E-state index in [9.17, 15) is 0 Å². The number of hydrogen-bond acceptors (Lipinski definition) is 3. The van der Waals surface area contributed by atoms with Crippen LogP contribution in [0, 0.1) is 0 Å². The SMILES string of the molecule is CCOc1c(Cl)cc(CNCc2ccccc2Cl)cc1OC.Cl. The number of rotatable bonds is 7. The van der Waals surface area contributed by atoms with Gasteiger partial charge >= 0.3 is 0 Å². The minimum atomic E-state index is 0. The molecule has 1 N–H and O–H groups in total. The van der Waals surface area contributed by atoms with Crippen LogP contribution in [-0.4, -0.2) is 13.7 Å². The van der Waals surface area contributed by atoms with Crippen molar-refractivity contribution in [2.45, 2.75) is 20.0 Å². The van der Waals surface area contributed by atoms with Crippen LogP contribution in [0.1, 0.15) is 18.1 Å². The van der Waals surface area contributed by atoms with Crippen LogP contribution in [-0.2, 0) is 13.1 Å². The smallest absolute Gasteiger partial charge is 0.179 e. The molecule has 3 nitrogen and oxygen atoms in total. The van der Waals surface area contributed by atoms with Crippen molar-refractivity contribution in [3.05, 3.63) is 57.6 Å². The van der Waals surface area contributed by atoms with Gasteiger partial charge in [0.15, 0.2) is 11.5 Å². The molecule has 0 atom stereocenters. The molecule has 2 aromatic rings. The Morgan fingerprint density at radius 2 is 1.78 bits per heavy atom. The van der Waals surface area contributed by atoms with Crippen molar-refractivity contribution in [3.8, 4) is 11.5 Å². The first-order chi connectivity index (χ1) is 10.7. The summed E-state index contributed by atoms with van der Waals surface area (Å²) in [5, 5.41) is 4.66. The molecule has 0 spiro atoms. The number of ether oxygens (including phenoxy) is 2. The third kappa shape index (κ3) is 5.47. The van der Waals surface area contributed by atoms with Crippen LogP contribution in [0.4, 0.5) is 0 Å². The number of benzene rings is 2. The first-order valence-corrected chi connectivity index (χ1v) is 7.84. The highest BCUT2D eigenvalue weighted by molar-refractivity contribution is 6.32. The fourth-order valence-electron chi connectivity index (χ4n) is 2.14. The Kier molecular flexibility index (Phi) is 8.56. The second kappa shape index (κ2) is 9.89. The predicted octanol–water partition coefficient (Wildman–Crippen LogP) is 5.11. The second-order valence-electron chi connectivity index (χ2n) is 4.74. The molecule has 0 amide bonds. The molecule has 2 rings (SSSR count). The number of nitrogens with one attached hydrogen (secondary N) is 1. The second-order valence-corrected chi connectivity index (χ2v) is 5.55. The van der Waals surface area contributed by atoms with Gasteiger partial charge in [-0.05, 0) is 36.2 Å². The lowest BCUT2D eigenvalue weighted by atomic mass is 10.2. The summed E-state index contributed by atoms with van der Waals surface area (Å²) in [5.74, 6) is 1.23. The minimum Gasteiger partial charge on any atom is -0.493 e. The van der Waals surface area contributed by atoms with E-state index in [0.29, 0.717) is 36.2 Å². The molecule has 0 fully saturated rings. The van der Waals surface area contributed by atoms with E-state index >= 15 is 0 Å². The zero-order valence-corrected chi connectivity index (χ0v) is 15.4. The molecular weight excluding hydrogens is 357 g/mol. The Bertz CT molecular complexity index is 635. The van der Waals surface area contributed by atoms with Gasteiger partial charge in [-0.15, -0.1) is 12.4 Å². The molecule has 126 valence electrons. The number of methoxy groups -OCH3 is 1. The molecule has 0 aromatic heterocycles. The largest absolute Gasteiger partial charge is 0.493 e. The van der Waals surface area contributed by atoms with Gasteiger partial charge < -0.3 is 14.8 Å². The van der Waals surface area contributed by atoms with Crippen molar-refractivity contribution >= 4 is 35.6 Å². The van der Waals surface area contributed by atoms with Crippen molar-refractivity contribution in [2.75, 3.05) is 13.7 Å². The van der Waals surface area contributed by atoms with Gasteiger partial charge in [-0.2, -0.15) is 0 Å². The molecule has 0 saturated heterocycles. The monoisotopic (exact) mass is 375 g/mol. The topological polar surface area (TPSA) is 30.5 Å². The van der Waals surface area contributed by atoms with E-state index in [-0.39, 0.29) is 12.4 Å². The van der Waals surface area contributed by atoms with Crippen molar-refractivity contribution in [1.82, 2.24) is 5.32 Å². The van der Waals surface area contributed by atoms with Crippen molar-refractivity contribution < 1.29 is 9.47 Å². The minimum absolute atomic E-state index is 0. The third-order valence-electron chi connectivity index (χ3n) is 3.18. The standard InChI is InChI=1S/C17H19Cl2NO2.ClH/c1-3-22-17-15(19)8-12(9-16(17)21-2)10-20-11-13-6-4-5-7-14(13)18;/h4-9,20H,3,10-11H2,1-2H3;1H. The number of halogens is 3. The molecule has 2 aromatic carbocycles. The molecule has 0 saturated carbocycles. The van der Waals surface area contributed by atoms with Gasteiger partial charge in [0, 0.05) is 18.1 Å². The molecular formula is C17H20Cl3NO2. The first-order valence-electron chi connectivity index (χ1n) is 7.09. The Hall–Kier alpha value is -1.13. The van der Waals surface area contributed by atoms with Gasteiger partial charge in [0.05, 0.1) is 18.7 Å². The van der Waals surface area contributed by atoms with Crippen LogP contribution in [0.2, 0.25) is 10.0 Å². The summed E-state index contributed by atoms with van der Waals surface area (Å²) in [6, 6.07) is 11.6. The zero-order valence-electron chi connectivity index (χ0n) is 13.1. The zero-order chi connectivity index (χ0) is 15.9. The van der Waals surface area contributed by atoms with Gasteiger partial charge in [0.25, 0.3) is 0 Å². The van der Waals surface area contributed by atoms with E-state index in [1.54, 1.807) is 7.11 Å². The van der Waals surface area contributed by atoms with Crippen LogP contribution in [0.5, 0.6) is 11.5 Å². The van der Waals surface area contributed by atoms with Crippen molar-refractivity contribution in [2.24, 2.45) is 0 Å². The number of hydrogen-bond donors (Lipinski definition) is 1. The van der Waals surface area contributed by atoms with E-state index in [4.69, 9.17) is 32.7 Å². The lowest BCUT2D eigenvalue weighted by Crippen LogP contribution is -2.13. The summed E-state index contributed by atoms with van der Waals surface area (Å²) >= 11 is 12.4. The van der Waals surface area contributed by atoms with Crippen LogP contribution < -0.4 is 14.8 Å². The predicted molar refractivity (Wildman–Crippen MR) is 98.4 cm³/mol. The molecule has 0 heterocycles. The fraction of sp³-hybridized carbons (Fsp3) is 0.294. The maximum absolute atomic E-state index is 6.26. The van der Waals surface area contributed by atoms with Gasteiger partial charge in [0.2, 0.25) is 0 Å². The Morgan fingerprint density at radius 3 is 2.43 bits per heavy atom. The lowest BCUT2D eigenvalue weighted by molar-refractivity contribution is 0.311. The maximum atomic E-state index is 6.26. The average molecular weight is 377 g/mol. The summed E-state index contributed by atoms with van der Waals surface area (Å²) in [5.41, 5.74) is 2.09. The molecule has 23 heavy (non-hydrogen) atoms. The highest BCUT2D eigenvalue weighted by Crippen LogP contribution is 2.36. The molecule has 0 unspecified atom stereocenters. The summed E-state index contributed by atoms with van der Waals surface area (Å²) in [6.45, 7) is 3.80. The quantitative estimate of drug-likeness (QED) is 0.728. The van der Waals surface area contributed by atoms with E-state index in [2.05, 4.69) is 5.32 Å². The Morgan fingerprint density at radius 1 is 1.04 bits per heavy atom. The van der Waals surface area contributed by atoms with Crippen LogP contribution in [0.15, 0.2) is 36.4 Å². The molecule has 0 radical (unpaired) electrons.